The number of hydrogen-bond donors (Lipinski definition) is 1. The van der Waals surface area contributed by atoms with Crippen molar-refractivity contribution in [3.8, 4) is 0 Å². The fourth-order valence-corrected chi connectivity index (χ4v) is 3.28. The molecule has 0 saturated carbocycles. The quantitative estimate of drug-likeness (QED) is 0.722. The lowest BCUT2D eigenvalue weighted by Crippen LogP contribution is -2.41. The summed E-state index contributed by atoms with van der Waals surface area (Å²) in [7, 11) is 0. The largest absolute Gasteiger partial charge is 0.378 e. The first-order chi connectivity index (χ1) is 13.0. The van der Waals surface area contributed by atoms with E-state index in [2.05, 4.69) is 10.3 Å². The van der Waals surface area contributed by atoms with Crippen LogP contribution in [0.5, 0.6) is 0 Å². The van der Waals surface area contributed by atoms with Crippen LogP contribution in [0.3, 0.4) is 0 Å². The van der Waals surface area contributed by atoms with Crippen molar-refractivity contribution < 1.29 is 13.9 Å². The molecule has 1 aromatic carbocycles. The number of carbonyl (C=O) groups excluding carboxylic acids is 1. The average Bonchev–Trinajstić information content (AvgIpc) is 3.08. The van der Waals surface area contributed by atoms with Gasteiger partial charge in [0.2, 0.25) is 0 Å². The van der Waals surface area contributed by atoms with Gasteiger partial charge in [-0.15, -0.1) is 12.4 Å². The maximum atomic E-state index is 13.8. The van der Waals surface area contributed by atoms with Crippen molar-refractivity contribution >= 4 is 35.3 Å². The van der Waals surface area contributed by atoms with Crippen LogP contribution in [0.4, 0.5) is 15.9 Å². The number of aryl methyl sites for hydroxylation is 2. The van der Waals surface area contributed by atoms with Gasteiger partial charge in [0, 0.05) is 24.5 Å². The Hall–Kier alpha value is -2.64. The molecule has 1 aliphatic rings. The highest BCUT2D eigenvalue weighted by Crippen LogP contribution is 2.25. The maximum absolute atomic E-state index is 13.8. The zero-order valence-corrected chi connectivity index (χ0v) is 16.6. The molecule has 0 atom stereocenters. The highest BCUT2D eigenvalue weighted by molar-refractivity contribution is 5.94. The zero-order valence-electron chi connectivity index (χ0n) is 15.7. The molecule has 2 aromatic heterocycles. The van der Waals surface area contributed by atoms with E-state index >= 15 is 0 Å². The molecule has 3 aromatic rings. The summed E-state index contributed by atoms with van der Waals surface area (Å²) >= 11 is 0. The lowest BCUT2D eigenvalue weighted by molar-refractivity contribution is 0.0297. The number of amides is 1. The number of aromatic nitrogens is 2. The summed E-state index contributed by atoms with van der Waals surface area (Å²) in [5.41, 5.74) is 3.41. The van der Waals surface area contributed by atoms with Crippen LogP contribution >= 0.6 is 12.4 Å². The standard InChI is InChI=1S/C20H21FN4O2.ClH/c1-13-3-5-15(11-16(13)21)23-19-17-6-4-14(2)25(17)18(12-22-19)20(26)24-7-9-27-10-8-24;/h3-6,11-12H,7-10H2,1-2H3,(H,22,23);1H. The first-order valence-electron chi connectivity index (χ1n) is 8.92. The molecule has 0 bridgehead atoms. The van der Waals surface area contributed by atoms with Crippen LogP contribution in [0.1, 0.15) is 21.7 Å². The van der Waals surface area contributed by atoms with Crippen LogP contribution in [-0.4, -0.2) is 46.5 Å². The molecule has 148 valence electrons. The second kappa shape index (κ2) is 8.16. The van der Waals surface area contributed by atoms with E-state index in [1.54, 1.807) is 30.2 Å². The van der Waals surface area contributed by atoms with Gasteiger partial charge in [-0.2, -0.15) is 0 Å². The summed E-state index contributed by atoms with van der Waals surface area (Å²) in [5.74, 6) is 0.231. The highest BCUT2D eigenvalue weighted by Gasteiger charge is 2.22. The van der Waals surface area contributed by atoms with Gasteiger partial charge in [-0.05, 0) is 43.7 Å². The van der Waals surface area contributed by atoms with Gasteiger partial charge >= 0.3 is 0 Å². The maximum Gasteiger partial charge on any atom is 0.272 e. The smallest absolute Gasteiger partial charge is 0.272 e. The van der Waals surface area contributed by atoms with Gasteiger partial charge in [-0.3, -0.25) is 4.79 Å². The third-order valence-corrected chi connectivity index (χ3v) is 4.83. The van der Waals surface area contributed by atoms with Crippen molar-refractivity contribution in [3.63, 3.8) is 0 Å². The number of fused-ring (bicyclic) bond motifs is 1. The fourth-order valence-electron chi connectivity index (χ4n) is 3.28. The Morgan fingerprint density at radius 3 is 2.64 bits per heavy atom. The number of rotatable bonds is 3. The summed E-state index contributed by atoms with van der Waals surface area (Å²) in [4.78, 5) is 19.2. The Balaban J connectivity index is 0.00000225. The minimum absolute atomic E-state index is 0. The van der Waals surface area contributed by atoms with Gasteiger partial charge in [0.05, 0.1) is 24.9 Å². The highest BCUT2D eigenvalue weighted by atomic mass is 35.5. The van der Waals surface area contributed by atoms with E-state index in [1.165, 1.54) is 6.07 Å². The number of benzene rings is 1. The molecule has 0 unspecified atom stereocenters. The van der Waals surface area contributed by atoms with Crippen molar-refractivity contribution in [1.82, 2.24) is 14.3 Å². The molecule has 6 nitrogen and oxygen atoms in total. The van der Waals surface area contributed by atoms with Crippen LogP contribution < -0.4 is 5.32 Å². The predicted molar refractivity (Wildman–Crippen MR) is 108 cm³/mol. The van der Waals surface area contributed by atoms with E-state index in [-0.39, 0.29) is 24.1 Å². The molecule has 0 aliphatic carbocycles. The molecule has 3 heterocycles. The van der Waals surface area contributed by atoms with Crippen molar-refractivity contribution in [2.24, 2.45) is 0 Å². The third-order valence-electron chi connectivity index (χ3n) is 4.83. The number of carbonyl (C=O) groups is 1. The van der Waals surface area contributed by atoms with Crippen LogP contribution in [0.15, 0.2) is 36.5 Å². The lowest BCUT2D eigenvalue weighted by atomic mass is 10.2. The van der Waals surface area contributed by atoms with E-state index in [9.17, 15) is 9.18 Å². The molecule has 28 heavy (non-hydrogen) atoms. The minimum Gasteiger partial charge on any atom is -0.378 e. The fraction of sp³-hybridized carbons (Fsp3) is 0.300. The molecular formula is C20H22ClFN4O2. The number of hydrogen-bond acceptors (Lipinski definition) is 4. The third kappa shape index (κ3) is 3.68. The number of halogens is 2. The van der Waals surface area contributed by atoms with Crippen molar-refractivity contribution in [2.75, 3.05) is 31.6 Å². The molecule has 1 aliphatic heterocycles. The summed E-state index contributed by atoms with van der Waals surface area (Å²) < 4.78 is 21.1. The number of nitrogens with one attached hydrogen (secondary N) is 1. The Morgan fingerprint density at radius 2 is 1.93 bits per heavy atom. The first kappa shape index (κ1) is 20.1. The van der Waals surface area contributed by atoms with Gasteiger partial charge in [0.15, 0.2) is 5.82 Å². The van der Waals surface area contributed by atoms with Crippen molar-refractivity contribution in [2.45, 2.75) is 13.8 Å². The normalized spacial score (nSPS) is 14.0. The van der Waals surface area contributed by atoms with Gasteiger partial charge in [0.25, 0.3) is 5.91 Å². The van der Waals surface area contributed by atoms with Crippen LogP contribution in [0, 0.1) is 19.7 Å². The number of nitrogens with zero attached hydrogens (tertiary/aromatic N) is 3. The number of ether oxygens (including phenoxy) is 1. The number of anilines is 2. The minimum atomic E-state index is -0.276. The average molecular weight is 405 g/mol. The lowest BCUT2D eigenvalue weighted by Gasteiger charge is -2.27. The van der Waals surface area contributed by atoms with E-state index in [4.69, 9.17) is 4.74 Å². The van der Waals surface area contributed by atoms with Gasteiger partial charge in [0.1, 0.15) is 11.5 Å². The van der Waals surface area contributed by atoms with E-state index in [0.717, 1.165) is 11.2 Å². The summed E-state index contributed by atoms with van der Waals surface area (Å²) in [6.07, 6.45) is 1.57. The Labute approximate surface area is 168 Å². The zero-order chi connectivity index (χ0) is 19.0. The van der Waals surface area contributed by atoms with Crippen molar-refractivity contribution in [3.05, 3.63) is 59.3 Å². The molecular weight excluding hydrogens is 383 g/mol. The molecule has 1 amide bonds. The SMILES string of the molecule is Cc1ccc(Nc2ncc(C(=O)N3CCOCC3)n3c(C)ccc23)cc1F.Cl. The molecule has 8 heteroatoms. The Bertz CT molecular complexity index is 1010. The molecule has 1 fully saturated rings. The summed E-state index contributed by atoms with van der Waals surface area (Å²) in [6.45, 7) is 5.90. The second-order valence-electron chi connectivity index (χ2n) is 6.68. The van der Waals surface area contributed by atoms with E-state index in [1.807, 2.05) is 23.5 Å². The molecule has 0 radical (unpaired) electrons. The van der Waals surface area contributed by atoms with Gasteiger partial charge in [-0.25, -0.2) is 9.37 Å². The monoisotopic (exact) mass is 404 g/mol. The Morgan fingerprint density at radius 1 is 1.18 bits per heavy atom. The first-order valence-corrected chi connectivity index (χ1v) is 8.92. The van der Waals surface area contributed by atoms with Crippen LogP contribution in [-0.2, 0) is 4.74 Å². The van der Waals surface area contributed by atoms with Crippen LogP contribution in [0.2, 0.25) is 0 Å². The van der Waals surface area contributed by atoms with Crippen LogP contribution in [0.25, 0.3) is 5.52 Å². The van der Waals surface area contributed by atoms with E-state index in [0.29, 0.717) is 49.1 Å². The summed E-state index contributed by atoms with van der Waals surface area (Å²) in [6, 6.07) is 8.81. The molecule has 1 N–H and O–H groups in total. The molecule has 4 rings (SSSR count). The van der Waals surface area contributed by atoms with Gasteiger partial charge < -0.3 is 19.4 Å². The second-order valence-corrected chi connectivity index (χ2v) is 6.68. The molecule has 1 saturated heterocycles. The topological polar surface area (TPSA) is 58.9 Å². The Kier molecular flexibility index (Phi) is 5.86. The summed E-state index contributed by atoms with van der Waals surface area (Å²) in [5, 5.41) is 3.16. The van der Waals surface area contributed by atoms with Gasteiger partial charge in [-0.1, -0.05) is 6.07 Å². The molecule has 0 spiro atoms. The van der Waals surface area contributed by atoms with Crippen molar-refractivity contribution in [1.29, 1.82) is 0 Å². The predicted octanol–water partition coefficient (Wildman–Crippen LogP) is 3.73. The van der Waals surface area contributed by atoms with E-state index < -0.39 is 0 Å². The number of morpholine rings is 1.